The van der Waals surface area contributed by atoms with Gasteiger partial charge in [0.2, 0.25) is 0 Å². The van der Waals surface area contributed by atoms with Gasteiger partial charge in [0.1, 0.15) is 18.0 Å². The summed E-state index contributed by atoms with van der Waals surface area (Å²) in [6.45, 7) is 5.43. The molecule has 2 aliphatic heterocycles. The molecule has 0 aromatic carbocycles. The minimum atomic E-state index is -0.0932. The maximum absolute atomic E-state index is 12.7. The van der Waals surface area contributed by atoms with Crippen molar-refractivity contribution in [2.75, 3.05) is 37.7 Å². The summed E-state index contributed by atoms with van der Waals surface area (Å²) < 4.78 is 5.40. The van der Waals surface area contributed by atoms with Crippen molar-refractivity contribution in [2.24, 2.45) is 0 Å². The van der Waals surface area contributed by atoms with Gasteiger partial charge in [0.25, 0.3) is 5.56 Å². The van der Waals surface area contributed by atoms with Gasteiger partial charge in [0.05, 0.1) is 30.0 Å². The average Bonchev–Trinajstić information content (AvgIpc) is 2.81. The number of hydrogen-bond acceptors (Lipinski definition) is 8. The van der Waals surface area contributed by atoms with Crippen LogP contribution in [0.3, 0.4) is 0 Å². The van der Waals surface area contributed by atoms with Gasteiger partial charge in [0.15, 0.2) is 0 Å². The van der Waals surface area contributed by atoms with Crippen LogP contribution in [0.15, 0.2) is 41.8 Å². The highest BCUT2D eigenvalue weighted by molar-refractivity contribution is 5.52. The first-order valence-corrected chi connectivity index (χ1v) is 10.1. The molecular weight excluding hydrogens is 382 g/mol. The zero-order chi connectivity index (χ0) is 20.3. The molecular formula is C21H23N7O2. The Kier molecular flexibility index (Phi) is 5.20. The second kappa shape index (κ2) is 8.29. The molecule has 0 unspecified atom stereocenters. The van der Waals surface area contributed by atoms with Gasteiger partial charge in [-0.2, -0.15) is 0 Å². The molecule has 1 saturated heterocycles. The molecule has 0 saturated carbocycles. The number of fused-ring (bicyclic) bond motifs is 1. The Morgan fingerprint density at radius 1 is 1.07 bits per heavy atom. The van der Waals surface area contributed by atoms with Crippen LogP contribution in [0.4, 0.5) is 5.82 Å². The lowest BCUT2D eigenvalue weighted by Crippen LogP contribution is -2.37. The van der Waals surface area contributed by atoms with Crippen molar-refractivity contribution < 1.29 is 4.74 Å². The van der Waals surface area contributed by atoms with Crippen LogP contribution in [-0.2, 0) is 24.2 Å². The zero-order valence-corrected chi connectivity index (χ0v) is 16.6. The first kappa shape index (κ1) is 18.8. The number of ether oxygens (including phenoxy) is 1. The molecule has 3 aromatic heterocycles. The Balaban J connectivity index is 1.28. The van der Waals surface area contributed by atoms with Gasteiger partial charge < -0.3 is 14.6 Å². The number of hydrogen-bond donors (Lipinski definition) is 1. The van der Waals surface area contributed by atoms with Crippen LogP contribution < -0.4 is 10.5 Å². The highest BCUT2D eigenvalue weighted by Crippen LogP contribution is 2.20. The number of rotatable bonds is 4. The average molecular weight is 405 g/mol. The summed E-state index contributed by atoms with van der Waals surface area (Å²) in [4.78, 5) is 37.4. The van der Waals surface area contributed by atoms with Crippen LogP contribution in [0.25, 0.3) is 11.4 Å². The van der Waals surface area contributed by atoms with Gasteiger partial charge >= 0.3 is 0 Å². The van der Waals surface area contributed by atoms with Gasteiger partial charge in [-0.05, 0) is 11.6 Å². The molecule has 2 aliphatic rings. The number of nitrogens with one attached hydrogen (secondary N) is 1. The highest BCUT2D eigenvalue weighted by Gasteiger charge is 2.22. The van der Waals surface area contributed by atoms with Crippen LogP contribution in [0, 0.1) is 0 Å². The minimum Gasteiger partial charge on any atom is -0.378 e. The van der Waals surface area contributed by atoms with Gasteiger partial charge in [-0.3, -0.25) is 9.69 Å². The lowest BCUT2D eigenvalue weighted by atomic mass is 10.1. The van der Waals surface area contributed by atoms with E-state index >= 15 is 0 Å². The molecule has 9 nitrogen and oxygen atoms in total. The van der Waals surface area contributed by atoms with E-state index in [1.807, 2.05) is 6.20 Å². The summed E-state index contributed by atoms with van der Waals surface area (Å²) in [6, 6.07) is 4.19. The molecule has 5 heterocycles. The van der Waals surface area contributed by atoms with Crippen LogP contribution in [-0.4, -0.2) is 62.7 Å². The van der Waals surface area contributed by atoms with Crippen molar-refractivity contribution >= 4 is 5.82 Å². The van der Waals surface area contributed by atoms with Gasteiger partial charge in [-0.15, -0.1) is 0 Å². The SMILES string of the molecule is O=c1[nH]c(-c2cncnc2)nc2c1CN(Cc1ccc(N3CCOCC3)nc1)CC2. The first-order valence-electron chi connectivity index (χ1n) is 10.1. The predicted molar refractivity (Wildman–Crippen MR) is 111 cm³/mol. The van der Waals surface area contributed by atoms with Crippen LogP contribution in [0.5, 0.6) is 0 Å². The topological polar surface area (TPSA) is 100 Å². The molecule has 0 spiro atoms. The van der Waals surface area contributed by atoms with E-state index in [0.29, 0.717) is 17.9 Å². The van der Waals surface area contributed by atoms with Crippen molar-refractivity contribution in [1.82, 2.24) is 29.8 Å². The van der Waals surface area contributed by atoms with Gasteiger partial charge in [-0.25, -0.2) is 19.9 Å². The van der Waals surface area contributed by atoms with Gasteiger partial charge in [0, 0.05) is 57.7 Å². The number of pyridine rings is 1. The number of H-pyrrole nitrogens is 1. The van der Waals surface area contributed by atoms with E-state index in [9.17, 15) is 4.79 Å². The summed E-state index contributed by atoms with van der Waals surface area (Å²) in [5, 5.41) is 0. The molecule has 0 aliphatic carbocycles. The lowest BCUT2D eigenvalue weighted by Gasteiger charge is -2.29. The molecule has 154 valence electrons. The normalized spacial score (nSPS) is 17.0. The van der Waals surface area contributed by atoms with E-state index in [1.165, 1.54) is 6.33 Å². The largest absolute Gasteiger partial charge is 0.378 e. The summed E-state index contributed by atoms with van der Waals surface area (Å²) in [5.74, 6) is 1.51. The Hall–Kier alpha value is -3.17. The third-order valence-corrected chi connectivity index (χ3v) is 5.53. The minimum absolute atomic E-state index is 0.0932. The van der Waals surface area contributed by atoms with Crippen molar-refractivity contribution in [3.8, 4) is 11.4 Å². The Morgan fingerprint density at radius 2 is 1.90 bits per heavy atom. The fraction of sp³-hybridized carbons (Fsp3) is 0.381. The van der Waals surface area contributed by atoms with Crippen LogP contribution in [0.2, 0.25) is 0 Å². The molecule has 0 radical (unpaired) electrons. The van der Waals surface area contributed by atoms with Crippen molar-refractivity contribution in [3.63, 3.8) is 0 Å². The number of aromatic amines is 1. The monoisotopic (exact) mass is 405 g/mol. The molecule has 0 amide bonds. The molecule has 5 rings (SSSR count). The number of anilines is 1. The number of aromatic nitrogens is 5. The summed E-state index contributed by atoms with van der Waals surface area (Å²) in [5.41, 5.74) is 3.35. The number of morpholine rings is 1. The molecule has 3 aromatic rings. The third kappa shape index (κ3) is 3.94. The van der Waals surface area contributed by atoms with E-state index in [-0.39, 0.29) is 5.56 Å². The maximum atomic E-state index is 12.7. The summed E-state index contributed by atoms with van der Waals surface area (Å²) in [6.07, 6.45) is 7.43. The fourth-order valence-corrected chi connectivity index (χ4v) is 3.92. The second-order valence-corrected chi connectivity index (χ2v) is 7.55. The van der Waals surface area contributed by atoms with Crippen LogP contribution in [0.1, 0.15) is 16.8 Å². The standard InChI is InChI=1S/C21H23N7O2/c29-21-17-13-27(4-3-18(17)25-20(26-21)16-10-22-14-23-11-16)12-15-1-2-19(24-9-15)28-5-7-30-8-6-28/h1-2,9-11,14H,3-8,12-13H2,(H,25,26,29). The fourth-order valence-electron chi connectivity index (χ4n) is 3.92. The van der Waals surface area contributed by atoms with E-state index in [1.54, 1.807) is 12.4 Å². The maximum Gasteiger partial charge on any atom is 0.255 e. The van der Waals surface area contributed by atoms with E-state index < -0.39 is 0 Å². The molecule has 0 atom stereocenters. The highest BCUT2D eigenvalue weighted by atomic mass is 16.5. The molecule has 9 heteroatoms. The molecule has 1 fully saturated rings. The van der Waals surface area contributed by atoms with E-state index in [0.717, 1.165) is 68.5 Å². The lowest BCUT2D eigenvalue weighted by molar-refractivity contribution is 0.122. The summed E-state index contributed by atoms with van der Waals surface area (Å²) in [7, 11) is 0. The smallest absolute Gasteiger partial charge is 0.255 e. The first-order chi connectivity index (χ1) is 14.8. The molecule has 0 bridgehead atoms. The van der Waals surface area contributed by atoms with Crippen molar-refractivity contribution in [2.45, 2.75) is 19.5 Å². The Bertz CT molecular complexity index is 1060. The zero-order valence-electron chi connectivity index (χ0n) is 16.6. The van der Waals surface area contributed by atoms with Crippen LogP contribution >= 0.6 is 0 Å². The molecule has 30 heavy (non-hydrogen) atoms. The van der Waals surface area contributed by atoms with Gasteiger partial charge in [-0.1, -0.05) is 6.07 Å². The summed E-state index contributed by atoms with van der Waals surface area (Å²) >= 11 is 0. The quantitative estimate of drug-likeness (QED) is 0.687. The van der Waals surface area contributed by atoms with Crippen molar-refractivity contribution in [1.29, 1.82) is 0 Å². The second-order valence-electron chi connectivity index (χ2n) is 7.55. The predicted octanol–water partition coefficient (Wildman–Crippen LogP) is 1.02. The number of nitrogens with zero attached hydrogens (tertiary/aromatic N) is 6. The Morgan fingerprint density at radius 3 is 2.67 bits per heavy atom. The Labute approximate surface area is 173 Å². The van der Waals surface area contributed by atoms with Crippen molar-refractivity contribution in [3.05, 3.63) is 64.2 Å². The van der Waals surface area contributed by atoms with E-state index in [2.05, 4.69) is 46.9 Å². The third-order valence-electron chi connectivity index (χ3n) is 5.53. The molecule has 1 N–H and O–H groups in total. The van der Waals surface area contributed by atoms with E-state index in [4.69, 9.17) is 4.74 Å².